The molecule has 1 aliphatic carbocycles. The molecule has 0 atom stereocenters. The second-order valence-corrected chi connectivity index (χ2v) is 5.26. The molecule has 3 N–H and O–H groups in total. The van der Waals surface area contributed by atoms with Crippen molar-refractivity contribution in [1.82, 2.24) is 5.32 Å². The molecule has 0 radical (unpaired) electrons. The zero-order valence-corrected chi connectivity index (χ0v) is 10.2. The molecule has 6 heteroatoms. The molecule has 2 rings (SSSR count). The number of carbonyl (C=O) groups is 2. The molecule has 1 aromatic rings. The normalized spacial score (nSPS) is 22.6. The largest absolute Gasteiger partial charge is 0.478 e. The molecule has 0 spiro atoms. The molecule has 2 amide bonds. The molecular weight excluding hydrogens is 240 g/mol. The van der Waals surface area contributed by atoms with Crippen LogP contribution in [0.25, 0.3) is 0 Å². The predicted molar refractivity (Wildman–Crippen MR) is 65.6 cm³/mol. The minimum Gasteiger partial charge on any atom is -0.478 e. The Morgan fingerprint density at radius 3 is 2.76 bits per heavy atom. The van der Waals surface area contributed by atoms with Crippen LogP contribution in [0.2, 0.25) is 0 Å². The van der Waals surface area contributed by atoms with E-state index < -0.39 is 5.97 Å². The van der Waals surface area contributed by atoms with Gasteiger partial charge in [-0.05, 0) is 30.2 Å². The van der Waals surface area contributed by atoms with Crippen LogP contribution in [0.4, 0.5) is 9.80 Å². The van der Waals surface area contributed by atoms with Crippen LogP contribution in [0.15, 0.2) is 11.4 Å². The summed E-state index contributed by atoms with van der Waals surface area (Å²) < 4.78 is 0. The Bertz CT molecular complexity index is 438. The van der Waals surface area contributed by atoms with Crippen LogP contribution in [0.3, 0.4) is 0 Å². The van der Waals surface area contributed by atoms with Gasteiger partial charge in [-0.2, -0.15) is 0 Å². The Morgan fingerprint density at radius 2 is 2.18 bits per heavy atom. The Balaban J connectivity index is 1.89. The molecule has 92 valence electrons. The number of aromatic carboxylic acids is 1. The highest BCUT2D eigenvalue weighted by atomic mass is 32.1. The van der Waals surface area contributed by atoms with Gasteiger partial charge in [-0.3, -0.25) is 5.32 Å². The van der Waals surface area contributed by atoms with Crippen molar-refractivity contribution >= 4 is 28.3 Å². The van der Waals surface area contributed by atoms with E-state index >= 15 is 0 Å². The van der Waals surface area contributed by atoms with Crippen molar-refractivity contribution in [2.75, 3.05) is 5.32 Å². The highest BCUT2D eigenvalue weighted by Gasteiger charge is 2.26. The highest BCUT2D eigenvalue weighted by Crippen LogP contribution is 2.27. The van der Waals surface area contributed by atoms with E-state index in [1.165, 1.54) is 17.4 Å². The number of carbonyl (C=O) groups excluding carboxylic acids is 1. The summed E-state index contributed by atoms with van der Waals surface area (Å²) in [5.74, 6) is -0.365. The number of anilines is 1. The Labute approximate surface area is 103 Å². The maximum absolute atomic E-state index is 11.6. The van der Waals surface area contributed by atoms with Crippen LogP contribution in [-0.4, -0.2) is 23.1 Å². The summed E-state index contributed by atoms with van der Waals surface area (Å²) in [5.41, 5.74) is 0.132. The molecule has 0 unspecified atom stereocenters. The van der Waals surface area contributed by atoms with Crippen LogP contribution in [0.1, 0.15) is 30.1 Å². The van der Waals surface area contributed by atoms with E-state index in [0.717, 1.165) is 12.8 Å². The molecule has 1 heterocycles. The Morgan fingerprint density at radius 1 is 1.47 bits per heavy atom. The number of rotatable bonds is 3. The van der Waals surface area contributed by atoms with Gasteiger partial charge in [0.2, 0.25) is 0 Å². The Hall–Kier alpha value is -1.56. The molecule has 0 aromatic carbocycles. The summed E-state index contributed by atoms with van der Waals surface area (Å²) in [7, 11) is 0. The van der Waals surface area contributed by atoms with Gasteiger partial charge in [-0.15, -0.1) is 11.3 Å². The zero-order valence-electron chi connectivity index (χ0n) is 9.40. The third-order valence-electron chi connectivity index (χ3n) is 2.83. The number of carboxylic acids is 1. The summed E-state index contributed by atoms with van der Waals surface area (Å²) in [5, 5.41) is 16.3. The first-order chi connectivity index (χ1) is 8.06. The number of hydrogen-bond donors (Lipinski definition) is 3. The first-order valence-corrected chi connectivity index (χ1v) is 6.32. The van der Waals surface area contributed by atoms with E-state index in [0.29, 0.717) is 10.9 Å². The van der Waals surface area contributed by atoms with Crippen molar-refractivity contribution in [2.24, 2.45) is 5.92 Å². The van der Waals surface area contributed by atoms with Crippen molar-refractivity contribution in [3.05, 3.63) is 17.0 Å². The van der Waals surface area contributed by atoms with E-state index in [2.05, 4.69) is 17.6 Å². The van der Waals surface area contributed by atoms with Gasteiger partial charge in [0.25, 0.3) is 0 Å². The first kappa shape index (κ1) is 11.9. The van der Waals surface area contributed by atoms with Crippen LogP contribution in [-0.2, 0) is 0 Å². The minimum atomic E-state index is -1.03. The summed E-state index contributed by atoms with van der Waals surface area (Å²) in [6, 6.07) is 1.37. The van der Waals surface area contributed by atoms with Gasteiger partial charge in [-0.25, -0.2) is 9.59 Å². The van der Waals surface area contributed by atoms with E-state index in [-0.39, 0.29) is 17.6 Å². The number of thiophene rings is 1. The molecule has 1 aromatic heterocycles. The van der Waals surface area contributed by atoms with E-state index in [4.69, 9.17) is 5.11 Å². The fourth-order valence-corrected chi connectivity index (χ4v) is 2.69. The molecule has 0 bridgehead atoms. The van der Waals surface area contributed by atoms with Crippen LogP contribution in [0, 0.1) is 5.92 Å². The third-order valence-corrected chi connectivity index (χ3v) is 3.66. The maximum Gasteiger partial charge on any atom is 0.338 e. The molecular formula is C11H14N2O3S. The number of amides is 2. The summed E-state index contributed by atoms with van der Waals surface area (Å²) in [6.45, 7) is 2.14. The van der Waals surface area contributed by atoms with Gasteiger partial charge in [0.05, 0.1) is 5.56 Å². The third kappa shape index (κ3) is 2.76. The monoisotopic (exact) mass is 254 g/mol. The summed E-state index contributed by atoms with van der Waals surface area (Å²) in [4.78, 5) is 22.4. The molecule has 17 heavy (non-hydrogen) atoms. The van der Waals surface area contributed by atoms with Gasteiger partial charge in [0.1, 0.15) is 5.00 Å². The van der Waals surface area contributed by atoms with E-state index in [1.807, 2.05) is 0 Å². The molecule has 0 saturated heterocycles. The fourth-order valence-electron chi connectivity index (χ4n) is 1.92. The second-order valence-electron chi connectivity index (χ2n) is 4.34. The molecule has 5 nitrogen and oxygen atoms in total. The second kappa shape index (κ2) is 4.75. The van der Waals surface area contributed by atoms with Crippen molar-refractivity contribution in [2.45, 2.75) is 25.8 Å². The SMILES string of the molecule is CC1CC(NC(=O)Nc2sccc2C(=O)O)C1. The standard InChI is InChI=1S/C11H14N2O3S/c1-6-4-7(5-6)12-11(16)13-9-8(10(14)15)2-3-17-9/h2-3,6-7H,4-5H2,1H3,(H,14,15)(H2,12,13,16). The fraction of sp³-hybridized carbons (Fsp3) is 0.455. The summed E-state index contributed by atoms with van der Waals surface area (Å²) in [6.07, 6.45) is 1.98. The molecule has 1 aliphatic rings. The topological polar surface area (TPSA) is 78.4 Å². The smallest absolute Gasteiger partial charge is 0.338 e. The van der Waals surface area contributed by atoms with Gasteiger partial charge in [0.15, 0.2) is 0 Å². The molecule has 0 aliphatic heterocycles. The highest BCUT2D eigenvalue weighted by molar-refractivity contribution is 7.14. The predicted octanol–water partition coefficient (Wildman–Crippen LogP) is 2.37. The van der Waals surface area contributed by atoms with Crippen molar-refractivity contribution in [3.8, 4) is 0 Å². The van der Waals surface area contributed by atoms with Gasteiger partial charge >= 0.3 is 12.0 Å². The summed E-state index contributed by atoms with van der Waals surface area (Å²) >= 11 is 1.21. The number of nitrogens with one attached hydrogen (secondary N) is 2. The lowest BCUT2D eigenvalue weighted by atomic mass is 9.82. The average Bonchev–Trinajstić information content (AvgIpc) is 2.63. The Kier molecular flexibility index (Phi) is 3.33. The van der Waals surface area contributed by atoms with Gasteiger partial charge < -0.3 is 10.4 Å². The van der Waals surface area contributed by atoms with E-state index in [1.54, 1.807) is 5.38 Å². The quantitative estimate of drug-likeness (QED) is 0.774. The van der Waals surface area contributed by atoms with Gasteiger partial charge in [0, 0.05) is 6.04 Å². The van der Waals surface area contributed by atoms with Crippen LogP contribution >= 0.6 is 11.3 Å². The molecule has 1 fully saturated rings. The molecule has 1 saturated carbocycles. The van der Waals surface area contributed by atoms with Crippen LogP contribution in [0.5, 0.6) is 0 Å². The number of carboxylic acid groups (broad SMARTS) is 1. The van der Waals surface area contributed by atoms with E-state index in [9.17, 15) is 9.59 Å². The number of urea groups is 1. The minimum absolute atomic E-state index is 0.132. The lowest BCUT2D eigenvalue weighted by Crippen LogP contribution is -2.45. The average molecular weight is 254 g/mol. The lowest BCUT2D eigenvalue weighted by molar-refractivity contribution is 0.0698. The van der Waals surface area contributed by atoms with Crippen molar-refractivity contribution < 1.29 is 14.7 Å². The zero-order chi connectivity index (χ0) is 12.4. The van der Waals surface area contributed by atoms with Crippen LogP contribution < -0.4 is 10.6 Å². The first-order valence-electron chi connectivity index (χ1n) is 5.44. The lowest BCUT2D eigenvalue weighted by Gasteiger charge is -2.33. The van der Waals surface area contributed by atoms with Crippen molar-refractivity contribution in [3.63, 3.8) is 0 Å². The number of hydrogen-bond acceptors (Lipinski definition) is 3. The van der Waals surface area contributed by atoms with Crippen molar-refractivity contribution in [1.29, 1.82) is 0 Å². The maximum atomic E-state index is 11.6. The van der Waals surface area contributed by atoms with Gasteiger partial charge in [-0.1, -0.05) is 6.92 Å².